The van der Waals surface area contributed by atoms with E-state index in [9.17, 15) is 14.7 Å². The second-order valence-corrected chi connectivity index (χ2v) is 7.37. The molecule has 4 aliphatic rings. The van der Waals surface area contributed by atoms with E-state index in [1.807, 2.05) is 11.8 Å². The van der Waals surface area contributed by atoms with Crippen molar-refractivity contribution in [2.24, 2.45) is 35.5 Å². The van der Waals surface area contributed by atoms with E-state index in [0.717, 1.165) is 24.8 Å². The van der Waals surface area contributed by atoms with Crippen LogP contribution in [0.3, 0.4) is 0 Å². The quantitative estimate of drug-likeness (QED) is 0.839. The van der Waals surface area contributed by atoms with Crippen LogP contribution in [0.2, 0.25) is 0 Å². The first-order chi connectivity index (χ1) is 9.59. The van der Waals surface area contributed by atoms with Gasteiger partial charge < -0.3 is 10.0 Å². The van der Waals surface area contributed by atoms with E-state index < -0.39 is 5.97 Å². The Morgan fingerprint density at radius 1 is 1.10 bits per heavy atom. The summed E-state index contributed by atoms with van der Waals surface area (Å²) in [4.78, 5) is 26.0. The zero-order valence-electron chi connectivity index (χ0n) is 12.0. The molecule has 1 aliphatic heterocycles. The number of fused-ring (bicyclic) bond motifs is 5. The van der Waals surface area contributed by atoms with Crippen LogP contribution in [0.25, 0.3) is 0 Å². The molecule has 0 spiro atoms. The molecule has 0 aromatic carbocycles. The van der Waals surface area contributed by atoms with E-state index in [1.165, 1.54) is 19.3 Å². The van der Waals surface area contributed by atoms with Crippen molar-refractivity contribution in [1.82, 2.24) is 4.90 Å². The van der Waals surface area contributed by atoms with E-state index in [0.29, 0.717) is 18.3 Å². The third-order valence-corrected chi connectivity index (χ3v) is 6.61. The topological polar surface area (TPSA) is 57.6 Å². The highest BCUT2D eigenvalue weighted by Gasteiger charge is 2.68. The molecular formula is C16H23NO3. The fourth-order valence-corrected chi connectivity index (χ4v) is 5.63. The number of rotatable bonds is 2. The van der Waals surface area contributed by atoms with Crippen molar-refractivity contribution < 1.29 is 14.7 Å². The number of carbonyl (C=O) groups excluding carboxylic acids is 1. The highest BCUT2D eigenvalue weighted by Crippen LogP contribution is 2.69. The summed E-state index contributed by atoms with van der Waals surface area (Å²) in [6.45, 7) is 2.68. The van der Waals surface area contributed by atoms with Crippen molar-refractivity contribution in [3.8, 4) is 0 Å². The third-order valence-electron chi connectivity index (χ3n) is 6.61. The normalized spacial score (nSPS) is 49.0. The van der Waals surface area contributed by atoms with Gasteiger partial charge in [0.15, 0.2) is 0 Å². The Labute approximate surface area is 119 Å². The molecule has 0 aromatic rings. The lowest BCUT2D eigenvalue weighted by Gasteiger charge is -2.38. The molecule has 110 valence electrons. The lowest BCUT2D eigenvalue weighted by atomic mass is 9.89. The van der Waals surface area contributed by atoms with Gasteiger partial charge in [0.1, 0.15) is 0 Å². The number of hydrogen-bond donors (Lipinski definition) is 1. The first-order valence-corrected chi connectivity index (χ1v) is 8.13. The van der Waals surface area contributed by atoms with Crippen LogP contribution in [0.15, 0.2) is 0 Å². The van der Waals surface area contributed by atoms with Crippen LogP contribution in [0.5, 0.6) is 0 Å². The number of aliphatic carboxylic acids is 1. The number of likely N-dealkylation sites (tertiary alicyclic amines) is 1. The van der Waals surface area contributed by atoms with Crippen molar-refractivity contribution in [2.45, 2.75) is 45.1 Å². The van der Waals surface area contributed by atoms with Crippen molar-refractivity contribution >= 4 is 11.9 Å². The van der Waals surface area contributed by atoms with Gasteiger partial charge >= 0.3 is 5.97 Å². The van der Waals surface area contributed by atoms with Crippen molar-refractivity contribution in [1.29, 1.82) is 0 Å². The molecular weight excluding hydrogens is 254 g/mol. The number of hydrogen-bond acceptors (Lipinski definition) is 2. The summed E-state index contributed by atoms with van der Waals surface area (Å²) in [6, 6.07) is -0.132. The van der Waals surface area contributed by atoms with Crippen LogP contribution in [-0.4, -0.2) is 34.5 Å². The first-order valence-electron chi connectivity index (χ1n) is 8.13. The molecule has 2 bridgehead atoms. The molecule has 4 unspecified atom stereocenters. The van der Waals surface area contributed by atoms with Crippen LogP contribution in [0.4, 0.5) is 0 Å². The van der Waals surface area contributed by atoms with Gasteiger partial charge in [0.25, 0.3) is 0 Å². The van der Waals surface area contributed by atoms with Crippen LogP contribution >= 0.6 is 0 Å². The molecule has 3 aliphatic carbocycles. The van der Waals surface area contributed by atoms with Gasteiger partial charge in [0.2, 0.25) is 5.91 Å². The smallest absolute Gasteiger partial charge is 0.308 e. The van der Waals surface area contributed by atoms with E-state index in [2.05, 4.69) is 0 Å². The maximum absolute atomic E-state index is 12.8. The summed E-state index contributed by atoms with van der Waals surface area (Å²) >= 11 is 0. The Bertz CT molecular complexity index is 447. The predicted octanol–water partition coefficient (Wildman–Crippen LogP) is 1.99. The molecule has 4 nitrogen and oxygen atoms in total. The third kappa shape index (κ3) is 1.60. The van der Waals surface area contributed by atoms with Crippen LogP contribution < -0.4 is 0 Å². The molecule has 1 heterocycles. The van der Waals surface area contributed by atoms with Gasteiger partial charge in [0.05, 0.1) is 5.92 Å². The van der Waals surface area contributed by atoms with Crippen LogP contribution in [0.1, 0.15) is 39.0 Å². The maximum Gasteiger partial charge on any atom is 0.308 e. The minimum absolute atomic E-state index is 0.132. The van der Waals surface area contributed by atoms with E-state index >= 15 is 0 Å². The van der Waals surface area contributed by atoms with Gasteiger partial charge in [-0.3, -0.25) is 9.59 Å². The molecule has 20 heavy (non-hydrogen) atoms. The molecule has 0 aromatic heterocycles. The Balaban J connectivity index is 1.48. The minimum atomic E-state index is -0.744. The molecule has 0 radical (unpaired) electrons. The fraction of sp³-hybridized carbons (Fsp3) is 0.875. The van der Waals surface area contributed by atoms with Gasteiger partial charge in [-0.25, -0.2) is 0 Å². The van der Waals surface area contributed by atoms with Crippen LogP contribution in [0, 0.1) is 35.5 Å². The van der Waals surface area contributed by atoms with Crippen molar-refractivity contribution in [2.75, 3.05) is 6.54 Å². The van der Waals surface area contributed by atoms with Gasteiger partial charge in [-0.2, -0.15) is 0 Å². The zero-order valence-corrected chi connectivity index (χ0v) is 12.0. The largest absolute Gasteiger partial charge is 0.481 e. The van der Waals surface area contributed by atoms with Gasteiger partial charge in [-0.1, -0.05) is 0 Å². The first kappa shape index (κ1) is 12.7. The number of carbonyl (C=O) groups is 2. The molecule has 4 fully saturated rings. The fourth-order valence-electron chi connectivity index (χ4n) is 5.63. The zero-order chi connectivity index (χ0) is 14.0. The second-order valence-electron chi connectivity index (χ2n) is 7.37. The van der Waals surface area contributed by atoms with E-state index in [1.54, 1.807) is 0 Å². The SMILES string of the molecule is C[C@@H]1[C@H](C(=O)O)CCCN1C(=O)C1C2C3CCC(C3)C12. The summed E-state index contributed by atoms with van der Waals surface area (Å²) in [5.74, 6) is 2.31. The summed E-state index contributed by atoms with van der Waals surface area (Å²) < 4.78 is 0. The monoisotopic (exact) mass is 277 g/mol. The lowest BCUT2D eigenvalue weighted by Crippen LogP contribution is -2.50. The van der Waals surface area contributed by atoms with Crippen molar-refractivity contribution in [3.05, 3.63) is 0 Å². The maximum atomic E-state index is 12.8. The predicted molar refractivity (Wildman–Crippen MR) is 72.8 cm³/mol. The highest BCUT2D eigenvalue weighted by atomic mass is 16.4. The molecule has 1 saturated heterocycles. The van der Waals surface area contributed by atoms with Gasteiger partial charge in [-0.15, -0.1) is 0 Å². The summed E-state index contributed by atoms with van der Waals surface area (Å²) in [6.07, 6.45) is 5.54. The minimum Gasteiger partial charge on any atom is -0.481 e. The highest BCUT2D eigenvalue weighted by molar-refractivity contribution is 5.84. The molecule has 1 N–H and O–H groups in total. The second kappa shape index (κ2) is 4.22. The average Bonchev–Trinajstić information content (AvgIpc) is 2.86. The van der Waals surface area contributed by atoms with Crippen LogP contribution in [-0.2, 0) is 9.59 Å². The average molecular weight is 277 g/mol. The van der Waals surface area contributed by atoms with E-state index in [-0.39, 0.29) is 23.8 Å². The number of carboxylic acids is 1. The number of piperidine rings is 1. The molecule has 4 heteroatoms. The molecule has 3 saturated carbocycles. The van der Waals surface area contributed by atoms with E-state index in [4.69, 9.17) is 0 Å². The Kier molecular flexibility index (Phi) is 2.67. The summed E-state index contributed by atoms with van der Waals surface area (Å²) in [5, 5.41) is 9.28. The summed E-state index contributed by atoms with van der Waals surface area (Å²) in [7, 11) is 0. The van der Waals surface area contributed by atoms with Crippen molar-refractivity contribution in [3.63, 3.8) is 0 Å². The Morgan fingerprint density at radius 2 is 1.75 bits per heavy atom. The van der Waals surface area contributed by atoms with Gasteiger partial charge in [-0.05, 0) is 62.7 Å². The number of nitrogens with zero attached hydrogens (tertiary/aromatic N) is 1. The van der Waals surface area contributed by atoms with Gasteiger partial charge in [0, 0.05) is 18.5 Å². The molecule has 6 atom stereocenters. The molecule has 4 rings (SSSR count). The number of amides is 1. The number of carboxylic acid groups (broad SMARTS) is 1. The Hall–Kier alpha value is -1.06. The standard InChI is InChI=1S/C16H23NO3/c1-8-11(16(19)20)3-2-6-17(8)15(18)14-12-9-4-5-10(7-9)13(12)14/h8-14H,2-7H2,1H3,(H,19,20)/t8-,9?,10?,11-,12?,13?,14?/m1/s1. The summed E-state index contributed by atoms with van der Waals surface area (Å²) in [5.41, 5.74) is 0. The molecule has 1 amide bonds. The Morgan fingerprint density at radius 3 is 2.35 bits per heavy atom. The lowest BCUT2D eigenvalue weighted by molar-refractivity contribution is -0.149.